The molecule has 0 aliphatic rings. The van der Waals surface area contributed by atoms with Gasteiger partial charge < -0.3 is 15.7 Å². The van der Waals surface area contributed by atoms with Crippen molar-refractivity contribution in [1.82, 2.24) is 5.32 Å². The van der Waals surface area contributed by atoms with E-state index in [0.29, 0.717) is 28.1 Å². The van der Waals surface area contributed by atoms with Crippen LogP contribution in [0.4, 0.5) is 10.5 Å². The van der Waals surface area contributed by atoms with E-state index in [9.17, 15) is 9.90 Å². The lowest BCUT2D eigenvalue weighted by Crippen LogP contribution is -2.43. The Bertz CT molecular complexity index is 476. The maximum absolute atomic E-state index is 11.7. The summed E-state index contributed by atoms with van der Waals surface area (Å²) in [7, 11) is 0. The fourth-order valence-electron chi connectivity index (χ4n) is 1.97. The molecule has 0 saturated carbocycles. The minimum Gasteiger partial charge on any atom is -0.388 e. The van der Waals surface area contributed by atoms with E-state index in [1.54, 1.807) is 25.1 Å². The molecule has 1 rings (SSSR count). The molecule has 0 heterocycles. The molecule has 0 aromatic heterocycles. The lowest BCUT2D eigenvalue weighted by atomic mass is 9.94. The summed E-state index contributed by atoms with van der Waals surface area (Å²) in [5.74, 6) is 0.352. The lowest BCUT2D eigenvalue weighted by Gasteiger charge is -2.25. The maximum atomic E-state index is 11.7. The van der Waals surface area contributed by atoms with Gasteiger partial charge in [0.15, 0.2) is 0 Å². The van der Waals surface area contributed by atoms with Gasteiger partial charge in [0.1, 0.15) is 0 Å². The van der Waals surface area contributed by atoms with Crippen LogP contribution in [0.5, 0.6) is 0 Å². The summed E-state index contributed by atoms with van der Waals surface area (Å²) < 4.78 is 0. The third-order valence-electron chi connectivity index (χ3n) is 2.66. The number of urea groups is 1. The van der Waals surface area contributed by atoms with Crippen molar-refractivity contribution < 1.29 is 9.90 Å². The number of benzene rings is 1. The minimum absolute atomic E-state index is 0.179. The van der Waals surface area contributed by atoms with Gasteiger partial charge in [-0.1, -0.05) is 37.0 Å². The van der Waals surface area contributed by atoms with Gasteiger partial charge in [-0.05, 0) is 37.5 Å². The predicted octanol–water partition coefficient (Wildman–Crippen LogP) is 3.91. The zero-order chi connectivity index (χ0) is 15.3. The SMILES string of the molecule is CC(C)CC(C)(O)CNC(=O)Nc1ccc(Cl)c(Cl)c1. The minimum atomic E-state index is -0.927. The number of anilines is 1. The molecule has 0 aliphatic carbocycles. The van der Waals surface area contributed by atoms with Crippen molar-refractivity contribution in [2.24, 2.45) is 5.92 Å². The van der Waals surface area contributed by atoms with Crippen molar-refractivity contribution in [2.45, 2.75) is 32.8 Å². The van der Waals surface area contributed by atoms with Crippen LogP contribution in [-0.4, -0.2) is 23.3 Å². The van der Waals surface area contributed by atoms with E-state index >= 15 is 0 Å². The third kappa shape index (κ3) is 5.99. The quantitative estimate of drug-likeness (QED) is 0.770. The van der Waals surface area contributed by atoms with E-state index in [2.05, 4.69) is 10.6 Å². The van der Waals surface area contributed by atoms with Gasteiger partial charge in [0.25, 0.3) is 0 Å². The zero-order valence-corrected chi connectivity index (χ0v) is 13.3. The fraction of sp³-hybridized carbons (Fsp3) is 0.500. The summed E-state index contributed by atoms with van der Waals surface area (Å²) in [5.41, 5.74) is -0.385. The number of nitrogens with one attached hydrogen (secondary N) is 2. The second-order valence-electron chi connectivity index (χ2n) is 5.53. The van der Waals surface area contributed by atoms with Crippen molar-refractivity contribution in [2.75, 3.05) is 11.9 Å². The Balaban J connectivity index is 2.49. The molecule has 20 heavy (non-hydrogen) atoms. The van der Waals surface area contributed by atoms with Crippen LogP contribution in [0, 0.1) is 5.92 Å². The Morgan fingerprint density at radius 1 is 1.35 bits per heavy atom. The van der Waals surface area contributed by atoms with Crippen molar-refractivity contribution >= 4 is 34.9 Å². The van der Waals surface area contributed by atoms with Crippen LogP contribution in [0.15, 0.2) is 18.2 Å². The van der Waals surface area contributed by atoms with E-state index in [4.69, 9.17) is 23.2 Å². The Hall–Kier alpha value is -0.970. The Morgan fingerprint density at radius 3 is 2.55 bits per heavy atom. The van der Waals surface area contributed by atoms with Gasteiger partial charge >= 0.3 is 6.03 Å². The standard InChI is InChI=1S/C14H20Cl2N2O2/c1-9(2)7-14(3,20)8-17-13(19)18-10-4-5-11(15)12(16)6-10/h4-6,9,20H,7-8H2,1-3H3,(H2,17,18,19). The number of halogens is 2. The molecule has 6 heteroatoms. The third-order valence-corrected chi connectivity index (χ3v) is 3.39. The number of hydrogen-bond donors (Lipinski definition) is 3. The van der Waals surface area contributed by atoms with Crippen LogP contribution < -0.4 is 10.6 Å². The Kier molecular flexibility index (Phi) is 6.11. The van der Waals surface area contributed by atoms with Crippen molar-refractivity contribution in [1.29, 1.82) is 0 Å². The molecular weight excluding hydrogens is 299 g/mol. The van der Waals surface area contributed by atoms with Crippen LogP contribution in [0.2, 0.25) is 10.0 Å². The smallest absolute Gasteiger partial charge is 0.319 e. The van der Waals surface area contributed by atoms with Gasteiger partial charge in [-0.2, -0.15) is 0 Å². The molecule has 1 aromatic carbocycles. The summed E-state index contributed by atoms with van der Waals surface area (Å²) in [6.45, 7) is 5.92. The molecule has 112 valence electrons. The number of carbonyl (C=O) groups excluding carboxylic acids is 1. The van der Waals surface area contributed by atoms with E-state index < -0.39 is 11.6 Å². The van der Waals surface area contributed by atoms with Crippen molar-refractivity contribution in [3.8, 4) is 0 Å². The van der Waals surface area contributed by atoms with Gasteiger partial charge in [0.2, 0.25) is 0 Å². The van der Waals surface area contributed by atoms with Gasteiger partial charge in [0.05, 0.1) is 15.6 Å². The van der Waals surface area contributed by atoms with Gasteiger partial charge in [-0.25, -0.2) is 4.79 Å². The lowest BCUT2D eigenvalue weighted by molar-refractivity contribution is 0.0413. The van der Waals surface area contributed by atoms with E-state index in [1.807, 2.05) is 13.8 Å². The highest BCUT2D eigenvalue weighted by atomic mass is 35.5. The largest absolute Gasteiger partial charge is 0.388 e. The van der Waals surface area contributed by atoms with Gasteiger partial charge in [-0.15, -0.1) is 0 Å². The highest BCUT2D eigenvalue weighted by Gasteiger charge is 2.22. The highest BCUT2D eigenvalue weighted by Crippen LogP contribution is 2.24. The van der Waals surface area contributed by atoms with E-state index in [-0.39, 0.29) is 6.54 Å². The number of carbonyl (C=O) groups is 1. The van der Waals surface area contributed by atoms with E-state index in [0.717, 1.165) is 0 Å². The summed E-state index contributed by atoms with van der Waals surface area (Å²) >= 11 is 11.7. The van der Waals surface area contributed by atoms with Crippen LogP contribution in [-0.2, 0) is 0 Å². The molecule has 1 atom stereocenters. The highest BCUT2D eigenvalue weighted by molar-refractivity contribution is 6.42. The number of aliphatic hydroxyl groups is 1. The molecule has 3 N–H and O–H groups in total. The molecule has 0 bridgehead atoms. The topological polar surface area (TPSA) is 61.4 Å². The molecule has 0 aliphatic heterocycles. The normalized spacial score (nSPS) is 13.9. The average Bonchev–Trinajstić information content (AvgIpc) is 2.30. The van der Waals surface area contributed by atoms with E-state index in [1.165, 1.54) is 0 Å². The van der Waals surface area contributed by atoms with Crippen molar-refractivity contribution in [3.63, 3.8) is 0 Å². The maximum Gasteiger partial charge on any atom is 0.319 e. The summed E-state index contributed by atoms with van der Waals surface area (Å²) in [5, 5.41) is 16.2. The number of hydrogen-bond acceptors (Lipinski definition) is 2. The molecule has 0 fully saturated rings. The first-order valence-electron chi connectivity index (χ1n) is 6.42. The van der Waals surface area contributed by atoms with Gasteiger partial charge in [-0.3, -0.25) is 0 Å². The molecular formula is C14H20Cl2N2O2. The second-order valence-corrected chi connectivity index (χ2v) is 6.35. The molecule has 1 unspecified atom stereocenters. The first-order valence-corrected chi connectivity index (χ1v) is 7.17. The Labute approximate surface area is 129 Å². The molecule has 2 amide bonds. The Morgan fingerprint density at radius 2 is 2.00 bits per heavy atom. The molecule has 1 aromatic rings. The molecule has 0 saturated heterocycles. The predicted molar refractivity (Wildman–Crippen MR) is 83.6 cm³/mol. The van der Waals surface area contributed by atoms with Gasteiger partial charge in [0, 0.05) is 12.2 Å². The summed E-state index contributed by atoms with van der Waals surface area (Å²) in [6, 6.07) is 4.43. The summed E-state index contributed by atoms with van der Waals surface area (Å²) in [4.78, 5) is 11.7. The molecule has 0 spiro atoms. The average molecular weight is 319 g/mol. The zero-order valence-electron chi connectivity index (χ0n) is 11.8. The van der Waals surface area contributed by atoms with Crippen LogP contribution in [0.25, 0.3) is 0 Å². The fourth-order valence-corrected chi connectivity index (χ4v) is 2.27. The summed E-state index contributed by atoms with van der Waals surface area (Å²) in [6.07, 6.45) is 0.611. The monoisotopic (exact) mass is 318 g/mol. The number of rotatable bonds is 5. The molecule has 4 nitrogen and oxygen atoms in total. The first-order chi connectivity index (χ1) is 9.19. The number of amides is 2. The van der Waals surface area contributed by atoms with Crippen LogP contribution >= 0.6 is 23.2 Å². The van der Waals surface area contributed by atoms with Crippen LogP contribution in [0.1, 0.15) is 27.2 Å². The first kappa shape index (κ1) is 17.1. The van der Waals surface area contributed by atoms with Crippen molar-refractivity contribution in [3.05, 3.63) is 28.2 Å². The molecule has 0 radical (unpaired) electrons. The second kappa shape index (κ2) is 7.16. The van der Waals surface area contributed by atoms with Crippen LogP contribution in [0.3, 0.4) is 0 Å².